The van der Waals surface area contributed by atoms with Crippen molar-refractivity contribution in [3.63, 3.8) is 0 Å². The van der Waals surface area contributed by atoms with Crippen molar-refractivity contribution in [2.45, 2.75) is 58.9 Å². The van der Waals surface area contributed by atoms with E-state index < -0.39 is 0 Å². The number of alkyl halides is 1. The molecule has 116 valence electrons. The third-order valence-electron chi connectivity index (χ3n) is 3.95. The van der Waals surface area contributed by atoms with Gasteiger partial charge in [0.2, 0.25) is 0 Å². The highest BCUT2D eigenvalue weighted by Gasteiger charge is 2.21. The number of hydrogen-bond donors (Lipinski definition) is 0. The van der Waals surface area contributed by atoms with E-state index in [0.29, 0.717) is 5.88 Å². The van der Waals surface area contributed by atoms with Crippen molar-refractivity contribution in [1.29, 1.82) is 0 Å². The first kappa shape index (κ1) is 16.8. The van der Waals surface area contributed by atoms with Gasteiger partial charge in [0.15, 0.2) is 0 Å². The van der Waals surface area contributed by atoms with E-state index >= 15 is 0 Å². The molecule has 0 bridgehead atoms. The normalized spacial score (nSPS) is 12.2. The van der Waals surface area contributed by atoms with Gasteiger partial charge in [-0.1, -0.05) is 56.0 Å². The second-order valence-electron chi connectivity index (χ2n) is 6.50. The van der Waals surface area contributed by atoms with Crippen molar-refractivity contribution < 1.29 is 0 Å². The minimum Gasteiger partial charge on any atom is -0.326 e. The number of hydrogen-bond acceptors (Lipinski definition) is 1. The monoisotopic (exact) mass is 370 g/mol. The lowest BCUT2D eigenvalue weighted by Crippen LogP contribution is -2.21. The van der Waals surface area contributed by atoms with E-state index in [0.717, 1.165) is 22.4 Å². The summed E-state index contributed by atoms with van der Waals surface area (Å²) in [6.45, 7) is 7.90. The number of aromatic nitrogens is 2. The van der Waals surface area contributed by atoms with Gasteiger partial charge in [0.05, 0.1) is 16.9 Å². The molecule has 21 heavy (non-hydrogen) atoms. The molecule has 2 nitrogen and oxygen atoms in total. The van der Waals surface area contributed by atoms with Crippen molar-refractivity contribution in [3.8, 4) is 0 Å². The number of benzene rings is 1. The molecule has 4 heteroatoms. The molecule has 1 heterocycles. The fourth-order valence-electron chi connectivity index (χ4n) is 2.79. The third-order valence-corrected chi connectivity index (χ3v) is 4.68. The number of unbranched alkanes of at least 4 members (excludes halogenated alkanes) is 2. The van der Waals surface area contributed by atoms with Gasteiger partial charge in [-0.2, -0.15) is 0 Å². The van der Waals surface area contributed by atoms with Gasteiger partial charge in [-0.3, -0.25) is 0 Å². The zero-order chi connectivity index (χ0) is 15.5. The van der Waals surface area contributed by atoms with Crippen molar-refractivity contribution in [2.24, 2.45) is 5.41 Å². The first-order chi connectivity index (χ1) is 9.96. The van der Waals surface area contributed by atoms with Crippen molar-refractivity contribution >= 4 is 38.6 Å². The van der Waals surface area contributed by atoms with E-state index in [-0.39, 0.29) is 5.41 Å². The number of nitrogens with zero attached hydrogens (tertiary/aromatic N) is 2. The van der Waals surface area contributed by atoms with Crippen LogP contribution in [0.1, 0.15) is 52.3 Å². The zero-order valence-electron chi connectivity index (χ0n) is 13.1. The predicted octanol–water partition coefficient (Wildman–Crippen LogP) is 6.14. The average Bonchev–Trinajstić information content (AvgIpc) is 2.75. The van der Waals surface area contributed by atoms with E-state index in [1.807, 2.05) is 0 Å². The number of halogens is 2. The summed E-state index contributed by atoms with van der Waals surface area (Å²) in [5.41, 5.74) is 2.46. The maximum absolute atomic E-state index is 6.10. The molecule has 2 aromatic rings. The molecule has 0 radical (unpaired) electrons. The highest BCUT2D eigenvalue weighted by atomic mass is 79.9. The molecule has 0 aliphatic rings. The highest BCUT2D eigenvalue weighted by molar-refractivity contribution is 9.10. The van der Waals surface area contributed by atoms with E-state index in [9.17, 15) is 0 Å². The lowest BCUT2D eigenvalue weighted by atomic mass is 9.86. The van der Waals surface area contributed by atoms with Crippen LogP contribution in [0.5, 0.6) is 0 Å². The Kier molecular flexibility index (Phi) is 5.73. The van der Waals surface area contributed by atoms with Crippen LogP contribution in [0, 0.1) is 5.41 Å². The molecule has 0 aliphatic carbocycles. The van der Waals surface area contributed by atoms with Crippen LogP contribution < -0.4 is 0 Å². The van der Waals surface area contributed by atoms with Crippen LogP contribution in [0.25, 0.3) is 11.0 Å². The van der Waals surface area contributed by atoms with Gasteiger partial charge in [0.1, 0.15) is 5.82 Å². The molecule has 0 spiro atoms. The molecule has 0 fully saturated rings. The molecule has 0 saturated heterocycles. The van der Waals surface area contributed by atoms with Gasteiger partial charge in [-0.05, 0) is 30.0 Å². The molecule has 1 aromatic heterocycles. The molecule has 0 atom stereocenters. The van der Waals surface area contributed by atoms with Crippen molar-refractivity contribution in [2.75, 3.05) is 0 Å². The van der Waals surface area contributed by atoms with Crippen LogP contribution in [-0.2, 0) is 12.4 Å². The van der Waals surface area contributed by atoms with Crippen LogP contribution in [-0.4, -0.2) is 9.55 Å². The fraction of sp³-hybridized carbons (Fsp3) is 0.588. The Bertz CT molecular complexity index is 604. The summed E-state index contributed by atoms with van der Waals surface area (Å²) < 4.78 is 3.35. The van der Waals surface area contributed by atoms with Crippen LogP contribution >= 0.6 is 27.5 Å². The van der Waals surface area contributed by atoms with E-state index in [1.165, 1.54) is 31.2 Å². The van der Waals surface area contributed by atoms with Gasteiger partial charge in [0, 0.05) is 11.0 Å². The quantitative estimate of drug-likeness (QED) is 0.422. The van der Waals surface area contributed by atoms with Gasteiger partial charge in [-0.25, -0.2) is 4.98 Å². The van der Waals surface area contributed by atoms with Crippen LogP contribution in [0.4, 0.5) is 0 Å². The van der Waals surface area contributed by atoms with Crippen LogP contribution in [0.3, 0.4) is 0 Å². The second kappa shape index (κ2) is 7.15. The van der Waals surface area contributed by atoms with Gasteiger partial charge >= 0.3 is 0 Å². The Labute approximate surface area is 141 Å². The Morgan fingerprint density at radius 3 is 2.71 bits per heavy atom. The molecule has 0 unspecified atom stereocenters. The van der Waals surface area contributed by atoms with Gasteiger partial charge in [0.25, 0.3) is 0 Å². The summed E-state index contributed by atoms with van der Waals surface area (Å²) in [6, 6.07) is 6.26. The molecule has 0 saturated carbocycles. The Hall–Kier alpha value is -0.540. The first-order valence-electron chi connectivity index (χ1n) is 7.67. The van der Waals surface area contributed by atoms with Crippen molar-refractivity contribution in [3.05, 3.63) is 28.5 Å². The zero-order valence-corrected chi connectivity index (χ0v) is 15.5. The van der Waals surface area contributed by atoms with Gasteiger partial charge in [-0.15, -0.1) is 11.6 Å². The van der Waals surface area contributed by atoms with Crippen LogP contribution in [0.2, 0.25) is 0 Å². The minimum absolute atomic E-state index is 0.261. The molecular formula is C17H24BrClN2. The first-order valence-corrected chi connectivity index (χ1v) is 9.00. The molecule has 2 rings (SSSR count). The Morgan fingerprint density at radius 2 is 2.05 bits per heavy atom. The van der Waals surface area contributed by atoms with E-state index in [1.54, 1.807) is 0 Å². The molecule has 1 aromatic carbocycles. The highest BCUT2D eigenvalue weighted by Crippen LogP contribution is 2.30. The largest absolute Gasteiger partial charge is 0.326 e. The molecule has 0 N–H and O–H groups in total. The van der Waals surface area contributed by atoms with E-state index in [2.05, 4.69) is 64.5 Å². The Morgan fingerprint density at radius 1 is 1.29 bits per heavy atom. The van der Waals surface area contributed by atoms with E-state index in [4.69, 9.17) is 11.6 Å². The Balaban J connectivity index is 2.27. The maximum Gasteiger partial charge on any atom is 0.124 e. The molecule has 0 amide bonds. The molecule has 0 aliphatic heterocycles. The third kappa shape index (κ3) is 4.23. The summed E-state index contributed by atoms with van der Waals surface area (Å²) in [5.74, 6) is 1.42. The summed E-state index contributed by atoms with van der Waals surface area (Å²) in [4.78, 5) is 4.67. The van der Waals surface area contributed by atoms with Crippen molar-refractivity contribution in [1.82, 2.24) is 9.55 Å². The SMILES string of the molecule is CCCCCC(C)(C)Cn1c(CCl)nc2cc(Br)ccc21. The number of fused-ring (bicyclic) bond motifs is 1. The van der Waals surface area contributed by atoms with Gasteiger partial charge < -0.3 is 4.57 Å². The average molecular weight is 372 g/mol. The molecular weight excluding hydrogens is 348 g/mol. The number of imidazole rings is 1. The number of rotatable bonds is 7. The lowest BCUT2D eigenvalue weighted by Gasteiger charge is -2.26. The smallest absolute Gasteiger partial charge is 0.124 e. The summed E-state index contributed by atoms with van der Waals surface area (Å²) in [7, 11) is 0. The maximum atomic E-state index is 6.10. The minimum atomic E-state index is 0.261. The predicted molar refractivity (Wildman–Crippen MR) is 94.9 cm³/mol. The summed E-state index contributed by atoms with van der Waals surface area (Å²) in [6.07, 6.45) is 5.10. The van der Waals surface area contributed by atoms with Crippen LogP contribution in [0.15, 0.2) is 22.7 Å². The topological polar surface area (TPSA) is 17.8 Å². The summed E-state index contributed by atoms with van der Waals surface area (Å²) in [5, 5.41) is 0. The summed E-state index contributed by atoms with van der Waals surface area (Å²) >= 11 is 9.61. The fourth-order valence-corrected chi connectivity index (χ4v) is 3.34. The lowest BCUT2D eigenvalue weighted by molar-refractivity contribution is 0.272. The standard InChI is InChI=1S/C17H24BrClN2/c1-4-5-6-9-17(2,3)12-21-15-8-7-13(18)10-14(15)20-16(21)11-19/h7-8,10H,4-6,9,11-12H2,1-3H3. The second-order valence-corrected chi connectivity index (χ2v) is 7.69.